The van der Waals surface area contributed by atoms with Gasteiger partial charge in [-0.05, 0) is 37.8 Å². The van der Waals surface area contributed by atoms with Crippen LogP contribution in [-0.4, -0.2) is 29.8 Å². The van der Waals surface area contributed by atoms with Crippen LogP contribution >= 0.6 is 0 Å². The molecule has 2 heteroatoms. The van der Waals surface area contributed by atoms with Gasteiger partial charge in [-0.3, -0.25) is 9.69 Å². The molecule has 98 valence electrons. The van der Waals surface area contributed by atoms with Gasteiger partial charge in [-0.1, -0.05) is 37.3 Å². The molecule has 0 amide bonds. The molecule has 1 fully saturated rings. The highest BCUT2D eigenvalue weighted by Gasteiger charge is 2.24. The van der Waals surface area contributed by atoms with Crippen LogP contribution in [0.2, 0.25) is 0 Å². The third-order valence-corrected chi connectivity index (χ3v) is 3.90. The zero-order chi connectivity index (χ0) is 13.0. The first-order chi connectivity index (χ1) is 8.65. The monoisotopic (exact) mass is 245 g/mol. The Balaban J connectivity index is 1.84. The number of rotatable bonds is 4. The Morgan fingerprint density at radius 1 is 1.28 bits per heavy atom. The Hall–Kier alpha value is -1.15. The van der Waals surface area contributed by atoms with Gasteiger partial charge in [0.15, 0.2) is 5.78 Å². The van der Waals surface area contributed by atoms with E-state index in [1.54, 1.807) is 0 Å². The molecule has 2 atom stereocenters. The van der Waals surface area contributed by atoms with Crippen molar-refractivity contribution in [2.45, 2.75) is 39.2 Å². The standard InChI is InChI=1S/C16H23NO/c1-13-8-9-17(14(2)10-13)12-16(18)11-15-6-4-3-5-7-15/h3-7,13-14H,8-12H2,1-2H3. The minimum Gasteiger partial charge on any atom is -0.298 e. The maximum Gasteiger partial charge on any atom is 0.151 e. The Kier molecular flexibility index (Phi) is 4.54. The summed E-state index contributed by atoms with van der Waals surface area (Å²) >= 11 is 0. The molecule has 0 aromatic heterocycles. The van der Waals surface area contributed by atoms with E-state index in [1.807, 2.05) is 30.3 Å². The largest absolute Gasteiger partial charge is 0.298 e. The van der Waals surface area contributed by atoms with E-state index < -0.39 is 0 Å². The van der Waals surface area contributed by atoms with Gasteiger partial charge < -0.3 is 0 Å². The minimum atomic E-state index is 0.336. The van der Waals surface area contributed by atoms with Crippen molar-refractivity contribution < 1.29 is 4.79 Å². The van der Waals surface area contributed by atoms with Crippen LogP contribution in [0.5, 0.6) is 0 Å². The van der Waals surface area contributed by atoms with Crippen molar-refractivity contribution in [1.82, 2.24) is 4.90 Å². The number of hydrogen-bond acceptors (Lipinski definition) is 2. The second-order valence-corrected chi connectivity index (χ2v) is 5.65. The average molecular weight is 245 g/mol. The molecule has 0 radical (unpaired) electrons. The van der Waals surface area contributed by atoms with Crippen LogP contribution in [0, 0.1) is 5.92 Å². The minimum absolute atomic E-state index is 0.336. The fourth-order valence-corrected chi connectivity index (χ4v) is 2.80. The molecule has 18 heavy (non-hydrogen) atoms. The average Bonchev–Trinajstić information content (AvgIpc) is 2.34. The van der Waals surface area contributed by atoms with Crippen LogP contribution < -0.4 is 0 Å². The van der Waals surface area contributed by atoms with E-state index in [4.69, 9.17) is 0 Å². The molecule has 2 nitrogen and oxygen atoms in total. The first-order valence-electron chi connectivity index (χ1n) is 6.95. The fourth-order valence-electron chi connectivity index (χ4n) is 2.80. The Labute approximate surface area is 110 Å². The molecule has 0 spiro atoms. The molecule has 1 aromatic rings. The molecule has 1 heterocycles. The van der Waals surface area contributed by atoms with Gasteiger partial charge in [0.05, 0.1) is 6.54 Å². The van der Waals surface area contributed by atoms with Gasteiger partial charge in [0.25, 0.3) is 0 Å². The number of nitrogens with zero attached hydrogens (tertiary/aromatic N) is 1. The van der Waals surface area contributed by atoms with E-state index in [-0.39, 0.29) is 0 Å². The molecule has 1 aliphatic rings. The number of likely N-dealkylation sites (tertiary alicyclic amines) is 1. The summed E-state index contributed by atoms with van der Waals surface area (Å²) in [6, 6.07) is 10.6. The molecule has 0 bridgehead atoms. The molecule has 1 aromatic carbocycles. The number of benzene rings is 1. The highest BCUT2D eigenvalue weighted by molar-refractivity contribution is 5.82. The second kappa shape index (κ2) is 6.14. The summed E-state index contributed by atoms with van der Waals surface area (Å²) in [4.78, 5) is 14.4. The van der Waals surface area contributed by atoms with E-state index >= 15 is 0 Å². The Morgan fingerprint density at radius 2 is 2.00 bits per heavy atom. The summed E-state index contributed by atoms with van der Waals surface area (Å²) in [7, 11) is 0. The van der Waals surface area contributed by atoms with Crippen molar-refractivity contribution >= 4 is 5.78 Å². The number of piperidine rings is 1. The van der Waals surface area contributed by atoms with Crippen molar-refractivity contribution in [2.75, 3.05) is 13.1 Å². The van der Waals surface area contributed by atoms with E-state index in [9.17, 15) is 4.79 Å². The van der Waals surface area contributed by atoms with Gasteiger partial charge in [-0.2, -0.15) is 0 Å². The van der Waals surface area contributed by atoms with Gasteiger partial charge in [0.1, 0.15) is 0 Å². The second-order valence-electron chi connectivity index (χ2n) is 5.65. The summed E-state index contributed by atoms with van der Waals surface area (Å²) in [6.07, 6.45) is 3.02. The van der Waals surface area contributed by atoms with Crippen LogP contribution in [-0.2, 0) is 11.2 Å². The van der Waals surface area contributed by atoms with E-state index in [0.717, 1.165) is 18.0 Å². The highest BCUT2D eigenvalue weighted by Crippen LogP contribution is 2.21. The number of Topliss-reactive ketones (excluding diaryl/α,β-unsaturated/α-hetero) is 1. The topological polar surface area (TPSA) is 20.3 Å². The number of carbonyl (C=O) groups excluding carboxylic acids is 1. The van der Waals surface area contributed by atoms with Gasteiger partial charge in [0, 0.05) is 12.5 Å². The van der Waals surface area contributed by atoms with Crippen molar-refractivity contribution in [3.05, 3.63) is 35.9 Å². The SMILES string of the molecule is CC1CCN(CC(=O)Cc2ccccc2)C(C)C1. The van der Waals surface area contributed by atoms with Gasteiger partial charge in [-0.25, -0.2) is 0 Å². The van der Waals surface area contributed by atoms with Crippen molar-refractivity contribution in [2.24, 2.45) is 5.92 Å². The molecular formula is C16H23NO. The lowest BCUT2D eigenvalue weighted by Gasteiger charge is -2.36. The lowest BCUT2D eigenvalue weighted by atomic mass is 9.93. The van der Waals surface area contributed by atoms with Crippen molar-refractivity contribution in [3.8, 4) is 0 Å². The molecule has 0 N–H and O–H groups in total. The predicted molar refractivity (Wildman–Crippen MR) is 74.6 cm³/mol. The van der Waals surface area contributed by atoms with Crippen molar-refractivity contribution in [1.29, 1.82) is 0 Å². The third kappa shape index (κ3) is 3.67. The van der Waals surface area contributed by atoms with Crippen LogP contribution in [0.25, 0.3) is 0 Å². The van der Waals surface area contributed by atoms with Crippen LogP contribution in [0.4, 0.5) is 0 Å². The molecule has 2 unspecified atom stereocenters. The lowest BCUT2D eigenvalue weighted by molar-refractivity contribution is -0.120. The molecule has 2 rings (SSSR count). The number of hydrogen-bond donors (Lipinski definition) is 0. The Bertz CT molecular complexity index is 387. The summed E-state index contributed by atoms with van der Waals surface area (Å²) in [6.45, 7) is 6.23. The maximum atomic E-state index is 12.1. The van der Waals surface area contributed by atoms with Gasteiger partial charge in [-0.15, -0.1) is 0 Å². The first-order valence-corrected chi connectivity index (χ1v) is 6.95. The van der Waals surface area contributed by atoms with Gasteiger partial charge in [0.2, 0.25) is 0 Å². The normalized spacial score (nSPS) is 25.0. The molecule has 1 saturated heterocycles. The van der Waals surface area contributed by atoms with Crippen LogP contribution in [0.1, 0.15) is 32.3 Å². The zero-order valence-electron chi connectivity index (χ0n) is 11.4. The zero-order valence-corrected chi connectivity index (χ0v) is 11.4. The maximum absolute atomic E-state index is 12.1. The Morgan fingerprint density at radius 3 is 2.67 bits per heavy atom. The van der Waals surface area contributed by atoms with E-state index in [1.165, 1.54) is 12.8 Å². The summed E-state index contributed by atoms with van der Waals surface area (Å²) in [5, 5.41) is 0. The smallest absolute Gasteiger partial charge is 0.151 e. The van der Waals surface area contributed by atoms with E-state index in [0.29, 0.717) is 24.8 Å². The predicted octanol–water partition coefficient (Wildman–Crippen LogP) is 2.92. The molecular weight excluding hydrogens is 222 g/mol. The summed E-state index contributed by atoms with van der Waals surface area (Å²) < 4.78 is 0. The molecule has 0 aliphatic carbocycles. The molecule has 1 aliphatic heterocycles. The molecule has 0 saturated carbocycles. The van der Waals surface area contributed by atoms with Crippen molar-refractivity contribution in [3.63, 3.8) is 0 Å². The quantitative estimate of drug-likeness (QED) is 0.813. The number of ketones is 1. The summed E-state index contributed by atoms with van der Waals surface area (Å²) in [5.41, 5.74) is 1.13. The van der Waals surface area contributed by atoms with Crippen LogP contribution in [0.3, 0.4) is 0 Å². The first kappa shape index (κ1) is 13.3. The highest BCUT2D eigenvalue weighted by atomic mass is 16.1. The number of carbonyl (C=O) groups is 1. The van der Waals surface area contributed by atoms with E-state index in [2.05, 4.69) is 18.7 Å². The fraction of sp³-hybridized carbons (Fsp3) is 0.562. The van der Waals surface area contributed by atoms with Gasteiger partial charge >= 0.3 is 0 Å². The summed E-state index contributed by atoms with van der Waals surface area (Å²) in [5.74, 6) is 1.14. The lowest BCUT2D eigenvalue weighted by Crippen LogP contribution is -2.43. The third-order valence-electron chi connectivity index (χ3n) is 3.90. The van der Waals surface area contributed by atoms with Crippen LogP contribution in [0.15, 0.2) is 30.3 Å².